The second kappa shape index (κ2) is 5.17. The summed E-state index contributed by atoms with van der Waals surface area (Å²) in [6, 6.07) is 0. The van der Waals surface area contributed by atoms with E-state index in [4.69, 9.17) is 14.2 Å². The highest BCUT2D eigenvalue weighted by atomic mass is 16.7. The first kappa shape index (κ1) is 13.8. The lowest BCUT2D eigenvalue weighted by molar-refractivity contribution is -0.321. The van der Waals surface area contributed by atoms with Crippen LogP contribution >= 0.6 is 0 Å². The van der Waals surface area contributed by atoms with Gasteiger partial charge in [-0.1, -0.05) is 0 Å². The van der Waals surface area contributed by atoms with E-state index in [1.807, 2.05) is 13.8 Å². The fourth-order valence-electron chi connectivity index (χ4n) is 2.22. The van der Waals surface area contributed by atoms with Crippen molar-refractivity contribution in [2.24, 2.45) is 0 Å². The van der Waals surface area contributed by atoms with Crippen LogP contribution < -0.4 is 0 Å². The second-order valence-electron chi connectivity index (χ2n) is 5.46. The van der Waals surface area contributed by atoms with E-state index < -0.39 is 11.9 Å². The molecule has 4 atom stereocenters. The third kappa shape index (κ3) is 3.23. The molecule has 0 bridgehead atoms. The molecule has 0 aromatic carbocycles. The Hall–Kier alpha value is -0.620. The summed E-state index contributed by atoms with van der Waals surface area (Å²) < 4.78 is 16.9. The first-order chi connectivity index (χ1) is 8.37. The Kier molecular flexibility index (Phi) is 3.96. The normalized spacial score (nSPS) is 36.3. The average Bonchev–Trinajstić information content (AvgIpc) is 2.27. The summed E-state index contributed by atoms with van der Waals surface area (Å²) >= 11 is 0. The molecule has 0 aromatic rings. The molecule has 2 aliphatic heterocycles. The first-order valence-electron chi connectivity index (χ1n) is 6.42. The van der Waals surface area contributed by atoms with Crippen molar-refractivity contribution in [1.82, 2.24) is 0 Å². The lowest BCUT2D eigenvalue weighted by Crippen LogP contribution is -2.55. The molecular weight excluding hydrogens is 236 g/mol. The number of aliphatic hydroxyl groups is 2. The Balaban J connectivity index is 2.00. The lowest BCUT2D eigenvalue weighted by atomic mass is 10.0. The number of hydrogen-bond donors (Lipinski definition) is 2. The third-order valence-corrected chi connectivity index (χ3v) is 3.19. The van der Waals surface area contributed by atoms with Crippen LogP contribution in [0.1, 0.15) is 33.6 Å². The number of hydrogen-bond acceptors (Lipinski definition) is 5. The van der Waals surface area contributed by atoms with Crippen LogP contribution in [0.4, 0.5) is 0 Å². The quantitative estimate of drug-likeness (QED) is 0.788. The van der Waals surface area contributed by atoms with Gasteiger partial charge in [0.25, 0.3) is 0 Å². The number of ether oxygens (including phenoxy) is 3. The molecule has 104 valence electrons. The monoisotopic (exact) mass is 258 g/mol. The van der Waals surface area contributed by atoms with Crippen molar-refractivity contribution in [3.8, 4) is 0 Å². The molecular formula is C13H22O5. The molecule has 1 saturated heterocycles. The first-order valence-corrected chi connectivity index (χ1v) is 6.42. The van der Waals surface area contributed by atoms with E-state index in [0.717, 1.165) is 0 Å². The predicted molar refractivity (Wildman–Crippen MR) is 64.8 cm³/mol. The molecule has 0 saturated carbocycles. The smallest absolute Gasteiger partial charge is 0.163 e. The number of rotatable bonds is 3. The molecule has 2 rings (SSSR count). The molecule has 1 fully saturated rings. The second-order valence-corrected chi connectivity index (χ2v) is 5.46. The molecule has 2 heterocycles. The molecule has 18 heavy (non-hydrogen) atoms. The molecule has 0 spiro atoms. The summed E-state index contributed by atoms with van der Waals surface area (Å²) in [5.41, 5.74) is 0. The van der Waals surface area contributed by atoms with Gasteiger partial charge in [0, 0.05) is 6.42 Å². The fraction of sp³-hybridized carbons (Fsp3) is 0.846. The molecule has 2 aliphatic rings. The zero-order valence-electron chi connectivity index (χ0n) is 11.1. The minimum absolute atomic E-state index is 0.276. The van der Waals surface area contributed by atoms with Crippen LogP contribution in [0.5, 0.6) is 0 Å². The van der Waals surface area contributed by atoms with Crippen molar-refractivity contribution in [3.05, 3.63) is 11.8 Å². The maximum absolute atomic E-state index is 10.1. The van der Waals surface area contributed by atoms with Gasteiger partial charge in [-0.2, -0.15) is 0 Å². The largest absolute Gasteiger partial charge is 0.490 e. The van der Waals surface area contributed by atoms with E-state index in [0.29, 0.717) is 25.2 Å². The topological polar surface area (TPSA) is 68.2 Å². The molecule has 5 nitrogen and oxygen atoms in total. The predicted octanol–water partition coefficient (Wildman–Crippen LogP) is 0.942. The van der Waals surface area contributed by atoms with Crippen molar-refractivity contribution in [3.63, 3.8) is 0 Å². The SMILES string of the molecule is C[C@H](O)CCC1=C[C@@H](O)C2OC(C)(C)OCC2O1. The summed E-state index contributed by atoms with van der Waals surface area (Å²) in [7, 11) is 0. The van der Waals surface area contributed by atoms with Gasteiger partial charge in [-0.15, -0.1) is 0 Å². The zero-order chi connectivity index (χ0) is 13.3. The van der Waals surface area contributed by atoms with E-state index in [2.05, 4.69) is 0 Å². The molecule has 2 N–H and O–H groups in total. The van der Waals surface area contributed by atoms with Crippen LogP contribution in [0, 0.1) is 0 Å². The Bertz CT molecular complexity index is 323. The van der Waals surface area contributed by atoms with Crippen LogP contribution in [-0.2, 0) is 14.2 Å². The molecule has 2 unspecified atom stereocenters. The van der Waals surface area contributed by atoms with Gasteiger partial charge in [0.15, 0.2) is 11.9 Å². The summed E-state index contributed by atoms with van der Waals surface area (Å²) in [6.45, 7) is 5.78. The molecule has 0 aliphatic carbocycles. The Morgan fingerprint density at radius 3 is 2.89 bits per heavy atom. The number of allylic oxidation sites excluding steroid dienone is 1. The zero-order valence-corrected chi connectivity index (χ0v) is 11.1. The van der Waals surface area contributed by atoms with Crippen molar-refractivity contribution >= 4 is 0 Å². The van der Waals surface area contributed by atoms with Gasteiger partial charge in [-0.05, 0) is 33.3 Å². The van der Waals surface area contributed by atoms with Crippen LogP contribution in [0.3, 0.4) is 0 Å². The maximum Gasteiger partial charge on any atom is 0.163 e. The highest BCUT2D eigenvalue weighted by Crippen LogP contribution is 2.32. The summed E-state index contributed by atoms with van der Waals surface area (Å²) in [5, 5.41) is 19.3. The minimum Gasteiger partial charge on any atom is -0.490 e. The van der Waals surface area contributed by atoms with Crippen LogP contribution in [0.15, 0.2) is 11.8 Å². The minimum atomic E-state index is -0.684. The molecule has 0 radical (unpaired) electrons. The van der Waals surface area contributed by atoms with Crippen LogP contribution in [0.25, 0.3) is 0 Å². The van der Waals surface area contributed by atoms with Gasteiger partial charge < -0.3 is 24.4 Å². The van der Waals surface area contributed by atoms with E-state index >= 15 is 0 Å². The Labute approximate surface area is 107 Å². The summed E-state index contributed by atoms with van der Waals surface area (Å²) in [5.74, 6) is 0.0211. The molecule has 0 aromatic heterocycles. The van der Waals surface area contributed by atoms with E-state index in [1.165, 1.54) is 0 Å². The van der Waals surface area contributed by atoms with Gasteiger partial charge in [0.05, 0.1) is 18.5 Å². The molecule has 5 heteroatoms. The Morgan fingerprint density at radius 1 is 1.50 bits per heavy atom. The van der Waals surface area contributed by atoms with Gasteiger partial charge >= 0.3 is 0 Å². The Morgan fingerprint density at radius 2 is 2.22 bits per heavy atom. The van der Waals surface area contributed by atoms with Crippen molar-refractivity contribution < 1.29 is 24.4 Å². The third-order valence-electron chi connectivity index (χ3n) is 3.19. The molecule has 0 amide bonds. The van der Waals surface area contributed by atoms with E-state index in [1.54, 1.807) is 13.0 Å². The van der Waals surface area contributed by atoms with Crippen molar-refractivity contribution in [2.75, 3.05) is 6.61 Å². The van der Waals surface area contributed by atoms with Crippen molar-refractivity contribution in [2.45, 2.75) is 63.8 Å². The van der Waals surface area contributed by atoms with Crippen LogP contribution in [0.2, 0.25) is 0 Å². The van der Waals surface area contributed by atoms with Crippen LogP contribution in [-0.4, -0.2) is 47.0 Å². The van der Waals surface area contributed by atoms with E-state index in [9.17, 15) is 10.2 Å². The lowest BCUT2D eigenvalue weighted by Gasteiger charge is -2.44. The van der Waals surface area contributed by atoms with Gasteiger partial charge in [-0.3, -0.25) is 0 Å². The fourth-order valence-corrected chi connectivity index (χ4v) is 2.22. The van der Waals surface area contributed by atoms with E-state index in [-0.39, 0.29) is 18.3 Å². The summed E-state index contributed by atoms with van der Waals surface area (Å²) in [4.78, 5) is 0. The highest BCUT2D eigenvalue weighted by molar-refractivity contribution is 5.08. The average molecular weight is 258 g/mol. The van der Waals surface area contributed by atoms with Gasteiger partial charge in [-0.25, -0.2) is 0 Å². The van der Waals surface area contributed by atoms with Gasteiger partial charge in [0.1, 0.15) is 12.2 Å². The maximum atomic E-state index is 10.1. The number of aliphatic hydroxyl groups excluding tert-OH is 2. The number of fused-ring (bicyclic) bond motifs is 1. The van der Waals surface area contributed by atoms with Gasteiger partial charge in [0.2, 0.25) is 0 Å². The standard InChI is InChI=1S/C13H22O5/c1-8(14)4-5-9-6-10(15)12-11(17-9)7-16-13(2,3)18-12/h6,8,10-12,14-15H,4-5,7H2,1-3H3/t8-,10+,11?,12?/m0/s1. The summed E-state index contributed by atoms with van der Waals surface area (Å²) in [6.07, 6.45) is 1.18. The highest BCUT2D eigenvalue weighted by Gasteiger charge is 2.43. The van der Waals surface area contributed by atoms with Crippen molar-refractivity contribution in [1.29, 1.82) is 0 Å².